The van der Waals surface area contributed by atoms with Crippen molar-refractivity contribution in [1.82, 2.24) is 0 Å². The van der Waals surface area contributed by atoms with Crippen molar-refractivity contribution in [3.63, 3.8) is 0 Å². The second-order valence-electron chi connectivity index (χ2n) is 2.23. The Kier molecular flexibility index (Phi) is 2.68. The molecule has 0 saturated carbocycles. The quantitative estimate of drug-likeness (QED) is 0.554. The lowest BCUT2D eigenvalue weighted by atomic mass is 10.1. The number of hydrogen-bond acceptors (Lipinski definition) is 1. The zero-order chi connectivity index (χ0) is 9.35. The fourth-order valence-corrected chi connectivity index (χ4v) is 1.23. The van der Waals surface area contributed by atoms with E-state index in [0.717, 1.165) is 6.08 Å². The van der Waals surface area contributed by atoms with E-state index >= 15 is 0 Å². The van der Waals surface area contributed by atoms with E-state index in [1.165, 1.54) is 0 Å². The highest BCUT2D eigenvalue weighted by Gasteiger charge is 2.39. The summed E-state index contributed by atoms with van der Waals surface area (Å²) in [6.45, 7) is -0.119. The molecule has 1 aliphatic rings. The Balaban J connectivity index is 2.94. The first-order valence-corrected chi connectivity index (χ1v) is 3.85. The highest BCUT2D eigenvalue weighted by atomic mass is 35.5. The van der Waals surface area contributed by atoms with Crippen LogP contribution in [0, 0.1) is 0 Å². The lowest BCUT2D eigenvalue weighted by Crippen LogP contribution is -2.25. The van der Waals surface area contributed by atoms with Gasteiger partial charge in [0.2, 0.25) is 0 Å². The van der Waals surface area contributed by atoms with Gasteiger partial charge in [0.15, 0.2) is 0 Å². The average Bonchev–Trinajstić information content (AvgIpc) is 1.92. The summed E-state index contributed by atoms with van der Waals surface area (Å²) in [6, 6.07) is 0. The summed E-state index contributed by atoms with van der Waals surface area (Å²) < 4.78 is 36.3. The number of alkyl halides is 4. The van der Waals surface area contributed by atoms with Crippen molar-refractivity contribution in [2.75, 3.05) is 6.54 Å². The monoisotopic (exact) mass is 217 g/mol. The highest BCUT2D eigenvalue weighted by Crippen LogP contribution is 2.32. The minimum absolute atomic E-state index is 0.119. The molecule has 68 valence electrons. The summed E-state index contributed by atoms with van der Waals surface area (Å²) in [5, 5.41) is -1.27. The first-order chi connectivity index (χ1) is 5.41. The first kappa shape index (κ1) is 9.86. The van der Waals surface area contributed by atoms with Gasteiger partial charge in [-0.15, -0.1) is 11.6 Å². The first-order valence-electron chi connectivity index (χ1n) is 3.04. The maximum absolute atomic E-state index is 12.1. The van der Waals surface area contributed by atoms with E-state index in [4.69, 9.17) is 23.2 Å². The van der Waals surface area contributed by atoms with E-state index in [1.54, 1.807) is 0 Å². The molecule has 0 aromatic carbocycles. The molecule has 0 fully saturated rings. The molecule has 1 atom stereocenters. The standard InChI is InChI=1S/C6H4Cl2F3N/c7-4-2-12-5(8)1-3(4)6(9,10)11/h1,4H,2H2. The van der Waals surface area contributed by atoms with Gasteiger partial charge < -0.3 is 0 Å². The molecule has 1 aliphatic heterocycles. The number of hydrogen-bond donors (Lipinski definition) is 0. The SMILES string of the molecule is FC(F)(F)C1=CC(Cl)=NCC1Cl. The number of rotatable bonds is 0. The molecular formula is C6H4Cl2F3N. The predicted octanol–water partition coefficient (Wildman–Crippen LogP) is 2.73. The smallest absolute Gasteiger partial charge is 0.271 e. The van der Waals surface area contributed by atoms with Gasteiger partial charge >= 0.3 is 6.18 Å². The Morgan fingerprint density at radius 3 is 2.50 bits per heavy atom. The van der Waals surface area contributed by atoms with Gasteiger partial charge in [0, 0.05) is 0 Å². The molecule has 1 heterocycles. The Morgan fingerprint density at radius 1 is 1.50 bits per heavy atom. The molecule has 0 amide bonds. The van der Waals surface area contributed by atoms with Gasteiger partial charge in [0.1, 0.15) is 5.17 Å². The third kappa shape index (κ3) is 2.14. The summed E-state index contributed by atoms with van der Waals surface area (Å²) in [6.07, 6.45) is -3.66. The third-order valence-electron chi connectivity index (χ3n) is 1.34. The largest absolute Gasteiger partial charge is 0.414 e. The number of halogens is 5. The van der Waals surface area contributed by atoms with Crippen LogP contribution in [0.1, 0.15) is 0 Å². The van der Waals surface area contributed by atoms with E-state index in [-0.39, 0.29) is 11.7 Å². The summed E-state index contributed by atoms with van der Waals surface area (Å²) in [5.41, 5.74) is -0.829. The highest BCUT2D eigenvalue weighted by molar-refractivity contribution is 6.68. The molecule has 0 radical (unpaired) electrons. The molecule has 0 spiro atoms. The Bertz CT molecular complexity index is 244. The van der Waals surface area contributed by atoms with Gasteiger partial charge in [-0.25, -0.2) is 0 Å². The van der Waals surface area contributed by atoms with Crippen LogP contribution in [0.25, 0.3) is 0 Å². The Labute approximate surface area is 76.9 Å². The zero-order valence-electron chi connectivity index (χ0n) is 5.70. The van der Waals surface area contributed by atoms with Crippen molar-refractivity contribution in [1.29, 1.82) is 0 Å². The molecule has 12 heavy (non-hydrogen) atoms. The average molecular weight is 218 g/mol. The molecular weight excluding hydrogens is 214 g/mol. The molecule has 0 saturated heterocycles. The Morgan fingerprint density at radius 2 is 2.08 bits per heavy atom. The predicted molar refractivity (Wildman–Crippen MR) is 41.9 cm³/mol. The minimum Gasteiger partial charge on any atom is -0.271 e. The van der Waals surface area contributed by atoms with Crippen molar-refractivity contribution in [3.05, 3.63) is 11.6 Å². The molecule has 0 bridgehead atoms. The van der Waals surface area contributed by atoms with Gasteiger partial charge in [0.25, 0.3) is 0 Å². The number of aliphatic imine (C=N–C) groups is 1. The van der Waals surface area contributed by atoms with Crippen molar-refractivity contribution < 1.29 is 13.2 Å². The maximum Gasteiger partial charge on any atom is 0.414 e. The topological polar surface area (TPSA) is 12.4 Å². The van der Waals surface area contributed by atoms with Crippen molar-refractivity contribution >= 4 is 28.4 Å². The van der Waals surface area contributed by atoms with Crippen LogP contribution in [0.5, 0.6) is 0 Å². The van der Waals surface area contributed by atoms with Crippen LogP contribution in [0.3, 0.4) is 0 Å². The summed E-state index contributed by atoms with van der Waals surface area (Å²) in [4.78, 5) is 3.55. The van der Waals surface area contributed by atoms with E-state index in [2.05, 4.69) is 4.99 Å². The fraction of sp³-hybridized carbons (Fsp3) is 0.500. The molecule has 0 N–H and O–H groups in total. The number of allylic oxidation sites excluding steroid dienone is 1. The lowest BCUT2D eigenvalue weighted by molar-refractivity contribution is -0.0933. The number of nitrogens with zero attached hydrogens (tertiary/aromatic N) is 1. The van der Waals surface area contributed by atoms with Gasteiger partial charge in [-0.05, 0) is 6.08 Å². The summed E-state index contributed by atoms with van der Waals surface area (Å²) in [7, 11) is 0. The molecule has 1 unspecified atom stereocenters. The normalized spacial score (nSPS) is 24.9. The van der Waals surface area contributed by atoms with E-state index < -0.39 is 17.1 Å². The van der Waals surface area contributed by atoms with E-state index in [9.17, 15) is 13.2 Å². The minimum atomic E-state index is -4.41. The summed E-state index contributed by atoms with van der Waals surface area (Å²) >= 11 is 10.7. The third-order valence-corrected chi connectivity index (χ3v) is 1.94. The maximum atomic E-state index is 12.1. The zero-order valence-corrected chi connectivity index (χ0v) is 7.21. The van der Waals surface area contributed by atoms with Crippen LogP contribution in [-0.2, 0) is 0 Å². The van der Waals surface area contributed by atoms with Crippen LogP contribution in [-0.4, -0.2) is 23.3 Å². The van der Waals surface area contributed by atoms with Crippen LogP contribution in [0.4, 0.5) is 13.2 Å². The van der Waals surface area contributed by atoms with Gasteiger partial charge in [-0.2, -0.15) is 13.2 Å². The van der Waals surface area contributed by atoms with Crippen LogP contribution >= 0.6 is 23.2 Å². The Hall–Kier alpha value is -0.220. The second kappa shape index (κ2) is 3.26. The van der Waals surface area contributed by atoms with Crippen molar-refractivity contribution in [2.24, 2.45) is 4.99 Å². The van der Waals surface area contributed by atoms with E-state index in [0.29, 0.717) is 0 Å². The number of dihydropyridines is 1. The molecule has 0 aliphatic carbocycles. The fourth-order valence-electron chi connectivity index (χ4n) is 0.790. The molecule has 1 nitrogen and oxygen atoms in total. The molecule has 6 heteroatoms. The summed E-state index contributed by atoms with van der Waals surface area (Å²) in [5.74, 6) is 0. The molecule has 0 aromatic rings. The van der Waals surface area contributed by atoms with E-state index in [1.807, 2.05) is 0 Å². The van der Waals surface area contributed by atoms with Crippen LogP contribution in [0.2, 0.25) is 0 Å². The van der Waals surface area contributed by atoms with Crippen LogP contribution in [0.15, 0.2) is 16.6 Å². The lowest BCUT2D eigenvalue weighted by Gasteiger charge is -2.18. The second-order valence-corrected chi connectivity index (χ2v) is 3.14. The van der Waals surface area contributed by atoms with Gasteiger partial charge in [0.05, 0.1) is 17.5 Å². The van der Waals surface area contributed by atoms with Crippen molar-refractivity contribution in [3.8, 4) is 0 Å². The van der Waals surface area contributed by atoms with Gasteiger partial charge in [-0.1, -0.05) is 11.6 Å². The molecule has 0 aromatic heterocycles. The molecule has 1 rings (SSSR count). The van der Waals surface area contributed by atoms with Gasteiger partial charge in [-0.3, -0.25) is 4.99 Å². The van der Waals surface area contributed by atoms with Crippen molar-refractivity contribution in [2.45, 2.75) is 11.6 Å². The van der Waals surface area contributed by atoms with Crippen LogP contribution < -0.4 is 0 Å².